The van der Waals surface area contributed by atoms with Crippen LogP contribution in [0.3, 0.4) is 0 Å². The second-order valence-electron chi connectivity index (χ2n) is 18.7. The molecule has 4 fully saturated rings. The Morgan fingerprint density at radius 1 is 0.736 bits per heavy atom. The molecule has 2 saturated carbocycles. The maximum atomic E-state index is 13.1. The van der Waals surface area contributed by atoms with Gasteiger partial charge in [0.15, 0.2) is 11.5 Å². The normalized spacial score (nSPS) is 21.1. The first-order chi connectivity index (χ1) is 34.2. The molecule has 21 heteroatoms. The predicted octanol–water partition coefficient (Wildman–Crippen LogP) is 15.0. The SMILES string of the molecule is BrCC1CO1.CC(C)(C)OC(=O)Cc1cc(I)c(Oc2cc(I)c(O)c(I)c2)c(I)c1.O=C(Cc1cc(I)c(OC2=CC(I)C(OCC3CO3)C(I)=C2)c(I)c1)OC(=NC1CCCCC1)NC1CCCCC1. The first kappa shape index (κ1) is 62.3. The van der Waals surface area contributed by atoms with Crippen LogP contribution in [0.2, 0.25) is 0 Å². The highest BCUT2D eigenvalue weighted by Gasteiger charge is 2.31. The summed E-state index contributed by atoms with van der Waals surface area (Å²) in [5.41, 5.74) is 1.29. The average molecular weight is 1950 g/mol. The quantitative estimate of drug-likeness (QED) is 0.0396. The number of benzene rings is 3. The van der Waals surface area contributed by atoms with Crippen LogP contribution in [0.1, 0.15) is 96.1 Å². The van der Waals surface area contributed by atoms with Gasteiger partial charge in [0.05, 0.1) is 70.2 Å². The molecule has 2 aliphatic heterocycles. The van der Waals surface area contributed by atoms with E-state index in [4.69, 9.17) is 38.2 Å². The van der Waals surface area contributed by atoms with Crippen molar-refractivity contribution in [3.63, 3.8) is 0 Å². The number of phenolic OH excluding ortho intramolecular Hbond substituents is 1. The fraction of sp³-hybridized carbons (Fsp3) is 0.510. The lowest BCUT2D eigenvalue weighted by Gasteiger charge is -2.26. The number of hydrogen-bond donors (Lipinski definition) is 2. The van der Waals surface area contributed by atoms with Gasteiger partial charge in [0.1, 0.15) is 35.1 Å². The summed E-state index contributed by atoms with van der Waals surface area (Å²) < 4.78 is 46.3. The molecule has 72 heavy (non-hydrogen) atoms. The molecular formula is C51H57BrI8N2O10. The highest BCUT2D eigenvalue weighted by molar-refractivity contribution is 14.1. The lowest BCUT2D eigenvalue weighted by atomic mass is 9.95. The Kier molecular flexibility index (Phi) is 26.5. The molecule has 0 aromatic heterocycles. The van der Waals surface area contributed by atoms with Gasteiger partial charge < -0.3 is 43.6 Å². The summed E-state index contributed by atoms with van der Waals surface area (Å²) in [6.45, 7) is 7.95. The minimum atomic E-state index is -0.492. The number of nitrogens with one attached hydrogen (secondary N) is 1. The van der Waals surface area contributed by atoms with Gasteiger partial charge in [0, 0.05) is 15.0 Å². The number of phenols is 1. The topological polar surface area (TPSA) is 150 Å². The maximum absolute atomic E-state index is 13.1. The second kappa shape index (κ2) is 30.7. The molecule has 3 aromatic carbocycles. The first-order valence-corrected chi connectivity index (χ1v) is 33.6. The molecule has 3 aliphatic carbocycles. The number of alkyl halides is 2. The number of carbonyl (C=O) groups excluding carboxylic acids is 2. The number of esters is 2. The van der Waals surface area contributed by atoms with E-state index in [9.17, 15) is 14.7 Å². The van der Waals surface area contributed by atoms with Gasteiger partial charge >= 0.3 is 11.9 Å². The Hall–Kier alpha value is 1.15. The van der Waals surface area contributed by atoms with Gasteiger partial charge in [0.2, 0.25) is 0 Å². The molecule has 5 aliphatic rings. The van der Waals surface area contributed by atoms with Crippen molar-refractivity contribution < 1.29 is 47.9 Å². The van der Waals surface area contributed by atoms with Crippen LogP contribution < -0.4 is 14.8 Å². The van der Waals surface area contributed by atoms with Crippen molar-refractivity contribution in [2.45, 2.75) is 138 Å². The number of allylic oxidation sites excluding steroid dienone is 1. The third kappa shape index (κ3) is 21.7. The molecule has 2 saturated heterocycles. The van der Waals surface area contributed by atoms with E-state index < -0.39 is 5.60 Å². The Labute approximate surface area is 541 Å². The number of ether oxygens (including phenoxy) is 7. The van der Waals surface area contributed by atoms with E-state index >= 15 is 0 Å². The van der Waals surface area contributed by atoms with E-state index in [2.05, 4.69) is 208 Å². The number of aliphatic imine (C=N–C) groups is 1. The van der Waals surface area contributed by atoms with Gasteiger partial charge in [-0.15, -0.1) is 0 Å². The molecular weight excluding hydrogens is 1900 g/mol. The van der Waals surface area contributed by atoms with E-state index in [1.54, 1.807) is 12.1 Å². The van der Waals surface area contributed by atoms with Crippen LogP contribution in [0.4, 0.5) is 0 Å². The molecule has 4 atom stereocenters. The van der Waals surface area contributed by atoms with Gasteiger partial charge in [-0.1, -0.05) is 77.0 Å². The van der Waals surface area contributed by atoms with Crippen molar-refractivity contribution in [3.05, 3.63) is 90.4 Å². The second-order valence-corrected chi connectivity index (χ2v) is 29.0. The van der Waals surface area contributed by atoms with Crippen LogP contribution >= 0.6 is 197 Å². The summed E-state index contributed by atoms with van der Waals surface area (Å²) in [5.74, 6) is 2.71. The summed E-state index contributed by atoms with van der Waals surface area (Å²) in [7, 11) is 0. The van der Waals surface area contributed by atoms with Gasteiger partial charge in [0.25, 0.3) is 6.02 Å². The summed E-state index contributed by atoms with van der Waals surface area (Å²) in [6.07, 6.45) is 17.0. The molecule has 3 aromatic rings. The van der Waals surface area contributed by atoms with Crippen molar-refractivity contribution in [1.82, 2.24) is 5.32 Å². The molecule has 8 rings (SSSR count). The third-order valence-corrected chi connectivity index (χ3v) is 18.8. The molecule has 2 heterocycles. The lowest BCUT2D eigenvalue weighted by Crippen LogP contribution is -2.39. The van der Waals surface area contributed by atoms with Crippen molar-refractivity contribution >= 4 is 215 Å². The molecule has 0 radical (unpaired) electrons. The zero-order valence-corrected chi connectivity index (χ0v) is 58.7. The molecule has 0 spiro atoms. The highest BCUT2D eigenvalue weighted by Crippen LogP contribution is 2.38. The standard InChI is InChI=1S/C30H36I4N2O5.C18H16I4O4.C3H5BrO/c31-23-11-18(12-24(32)29(23)40-21-14-25(33)28(26(34)15-21)39-17-22-16-38-22)13-27(37)41-30(35-19-7-3-1-4-8-19)36-20-9-5-2-6-10-20;1-18(2,3)26-15(23)6-9-4-13(21)17(14(22)5-9)25-10-7-11(19)16(24)12(20)8-10;4-1-3-2-5-3/h11-12,14-15,19-20,22,25,28H,1-10,13,16-17H2,(H,35,36);4-5,7-8,24H,6H2,1-3H3;3H,1-2H2. The van der Waals surface area contributed by atoms with Crippen LogP contribution in [0.5, 0.6) is 23.0 Å². The Morgan fingerprint density at radius 3 is 1.74 bits per heavy atom. The largest absolute Gasteiger partial charge is 0.506 e. The lowest BCUT2D eigenvalue weighted by molar-refractivity contribution is -0.154. The van der Waals surface area contributed by atoms with Gasteiger partial charge in [-0.25, -0.2) is 4.99 Å². The predicted molar refractivity (Wildman–Crippen MR) is 353 cm³/mol. The summed E-state index contributed by atoms with van der Waals surface area (Å²) in [6, 6.07) is 12.4. The maximum Gasteiger partial charge on any atom is 0.318 e. The molecule has 0 bridgehead atoms. The van der Waals surface area contributed by atoms with Crippen molar-refractivity contribution in [3.8, 4) is 23.0 Å². The van der Waals surface area contributed by atoms with Crippen LogP contribution in [-0.2, 0) is 46.1 Å². The number of hydrogen-bond acceptors (Lipinski definition) is 11. The van der Waals surface area contributed by atoms with Crippen molar-refractivity contribution in [2.24, 2.45) is 4.99 Å². The van der Waals surface area contributed by atoms with Crippen LogP contribution in [-0.4, -0.2) is 88.1 Å². The van der Waals surface area contributed by atoms with E-state index in [1.807, 2.05) is 51.1 Å². The average Bonchev–Trinajstić information content (AvgIpc) is 4.25. The number of aromatic hydroxyl groups is 1. The number of carbonyl (C=O) groups is 2. The van der Waals surface area contributed by atoms with Crippen LogP contribution in [0, 0.1) is 21.4 Å². The van der Waals surface area contributed by atoms with E-state index in [1.165, 1.54) is 38.5 Å². The van der Waals surface area contributed by atoms with Crippen molar-refractivity contribution in [1.29, 1.82) is 0 Å². The molecule has 4 unspecified atom stereocenters. The van der Waals surface area contributed by atoms with Gasteiger partial charge in [-0.3, -0.25) is 9.59 Å². The Balaban J connectivity index is 0.000000232. The molecule has 2 N–H and O–H groups in total. The summed E-state index contributed by atoms with van der Waals surface area (Å²) in [5, 5.41) is 14.4. The first-order valence-electron chi connectivity index (χ1n) is 23.6. The number of epoxide rings is 2. The van der Waals surface area contributed by atoms with Crippen molar-refractivity contribution in [2.75, 3.05) is 25.2 Å². The van der Waals surface area contributed by atoms with Crippen LogP contribution in [0.15, 0.2) is 62.9 Å². The van der Waals surface area contributed by atoms with Gasteiger partial charge in [-0.05, 0) is 264 Å². The van der Waals surface area contributed by atoms with E-state index in [0.717, 1.165) is 97.6 Å². The van der Waals surface area contributed by atoms with Crippen LogP contribution in [0.25, 0.3) is 0 Å². The number of rotatable bonds is 14. The molecule has 394 valence electrons. The van der Waals surface area contributed by atoms with E-state index in [-0.39, 0.29) is 52.7 Å². The summed E-state index contributed by atoms with van der Waals surface area (Å²) >= 11 is 21.1. The molecule has 12 nitrogen and oxygen atoms in total. The highest BCUT2D eigenvalue weighted by atomic mass is 127. The third-order valence-electron chi connectivity index (χ3n) is 11.3. The van der Waals surface area contributed by atoms with Gasteiger partial charge in [-0.2, -0.15) is 0 Å². The number of nitrogens with zero attached hydrogens (tertiary/aromatic N) is 1. The fourth-order valence-electron chi connectivity index (χ4n) is 7.64. The number of halogens is 9. The number of amidine groups is 1. The Bertz CT molecular complexity index is 2380. The zero-order chi connectivity index (χ0) is 52.1. The fourth-order valence-corrected chi connectivity index (χ4v) is 16.5. The monoisotopic (exact) mass is 1950 g/mol. The minimum Gasteiger partial charge on any atom is -0.506 e. The minimum absolute atomic E-state index is 0.0124. The van der Waals surface area contributed by atoms with E-state index in [0.29, 0.717) is 30.5 Å². The zero-order valence-electron chi connectivity index (χ0n) is 39.9. The summed E-state index contributed by atoms with van der Waals surface area (Å²) in [4.78, 5) is 30.0. The Morgan fingerprint density at radius 2 is 1.25 bits per heavy atom. The molecule has 0 amide bonds. The smallest absolute Gasteiger partial charge is 0.318 e.